The molecule has 3 saturated heterocycles. The number of ether oxygens (including phenoxy) is 4. The summed E-state index contributed by atoms with van der Waals surface area (Å²) >= 11 is 1.52. The number of nitrogens with one attached hydrogen (secondary N) is 1. The second kappa shape index (κ2) is 16.9. The minimum Gasteiger partial charge on any atom is -0.508 e. The monoisotopic (exact) mass is 950 g/mol. The fraction of sp³-hybridized carbons (Fsp3) is 0.538. The highest BCUT2D eigenvalue weighted by Gasteiger charge is 2.82. The van der Waals surface area contributed by atoms with Crippen LogP contribution in [-0.4, -0.2) is 149 Å². The van der Waals surface area contributed by atoms with Crippen molar-refractivity contribution >= 4 is 47.0 Å². The van der Waals surface area contributed by atoms with Crippen molar-refractivity contribution in [1.29, 1.82) is 0 Å². The van der Waals surface area contributed by atoms with Crippen molar-refractivity contribution in [3.63, 3.8) is 0 Å². The largest absolute Gasteiger partial charge is 0.508 e. The van der Waals surface area contributed by atoms with E-state index in [9.17, 15) is 29.7 Å². The maximum absolute atomic E-state index is 15.7. The van der Waals surface area contributed by atoms with E-state index in [1.807, 2.05) is 56.3 Å². The van der Waals surface area contributed by atoms with Crippen LogP contribution in [0.5, 0.6) is 5.75 Å². The molecule has 5 aliphatic heterocycles. The number of amides is 1. The Hall–Kier alpha value is -4.97. The van der Waals surface area contributed by atoms with Crippen LogP contribution in [0.25, 0.3) is 10.9 Å². The van der Waals surface area contributed by atoms with Crippen LogP contribution in [0, 0.1) is 22.7 Å². The molecular formula is C52H62N4O11S. The van der Waals surface area contributed by atoms with E-state index in [0.29, 0.717) is 88.2 Å². The van der Waals surface area contributed by atoms with Crippen LogP contribution in [0.4, 0.5) is 0 Å². The van der Waals surface area contributed by atoms with Gasteiger partial charge in [0.05, 0.1) is 32.0 Å². The number of nitrogens with zero attached hydrogens (tertiary/aromatic N) is 3. The van der Waals surface area contributed by atoms with Gasteiger partial charge in [0.2, 0.25) is 12.0 Å². The maximum atomic E-state index is 15.7. The molecule has 2 aliphatic carbocycles. The Bertz CT molecular complexity index is 2670. The van der Waals surface area contributed by atoms with Crippen molar-refractivity contribution in [2.45, 2.75) is 110 Å². The van der Waals surface area contributed by atoms with Crippen LogP contribution in [0.15, 0.2) is 87.8 Å². The number of rotatable bonds is 10. The van der Waals surface area contributed by atoms with Gasteiger partial charge in [0, 0.05) is 95.1 Å². The molecule has 68 heavy (non-hydrogen) atoms. The summed E-state index contributed by atoms with van der Waals surface area (Å²) in [5, 5.41) is 36.8. The molecule has 4 N–H and O–H groups in total. The molecule has 2 bridgehead atoms. The van der Waals surface area contributed by atoms with E-state index in [0.717, 1.165) is 26.3 Å². The molecule has 2 aromatic carbocycles. The van der Waals surface area contributed by atoms with Crippen molar-refractivity contribution in [2.24, 2.45) is 22.7 Å². The first kappa shape index (κ1) is 46.7. The third kappa shape index (κ3) is 6.57. The molecule has 12 atom stereocenters. The minimum absolute atomic E-state index is 0.170. The van der Waals surface area contributed by atoms with Crippen molar-refractivity contribution in [2.75, 3.05) is 54.1 Å². The Morgan fingerprint density at radius 1 is 0.956 bits per heavy atom. The van der Waals surface area contributed by atoms with Gasteiger partial charge in [0.15, 0.2) is 6.10 Å². The molecule has 16 heteroatoms. The number of likely N-dealkylation sites (tertiary alicyclic amines) is 1. The summed E-state index contributed by atoms with van der Waals surface area (Å²) in [7, 11) is 4.15. The lowest BCUT2D eigenvalue weighted by molar-refractivity contribution is -0.242. The van der Waals surface area contributed by atoms with Gasteiger partial charge in [-0.3, -0.25) is 24.2 Å². The third-order valence-electron chi connectivity index (χ3n) is 17.0. The Morgan fingerprint density at radius 2 is 1.74 bits per heavy atom. The summed E-state index contributed by atoms with van der Waals surface area (Å²) < 4.78 is 24.1. The van der Waals surface area contributed by atoms with E-state index < -0.39 is 75.6 Å². The zero-order valence-corrected chi connectivity index (χ0v) is 40.3. The Balaban J connectivity index is 1.24. The third-order valence-corrected chi connectivity index (χ3v) is 18.0. The van der Waals surface area contributed by atoms with E-state index in [2.05, 4.69) is 26.9 Å². The van der Waals surface area contributed by atoms with Gasteiger partial charge in [-0.1, -0.05) is 49.9 Å². The first-order chi connectivity index (χ1) is 32.6. The number of allylic oxidation sites excluding steroid dienone is 1. The van der Waals surface area contributed by atoms with Gasteiger partial charge in [-0.2, -0.15) is 0 Å². The van der Waals surface area contributed by atoms with E-state index in [-0.39, 0.29) is 18.1 Å². The van der Waals surface area contributed by atoms with Gasteiger partial charge in [-0.25, -0.2) is 4.79 Å². The number of aromatic nitrogens is 1. The first-order valence-corrected chi connectivity index (χ1v) is 24.7. The number of aliphatic hydroxyl groups is 2. The fourth-order valence-electron chi connectivity index (χ4n) is 14.6. The quantitative estimate of drug-likeness (QED) is 0.0918. The lowest BCUT2D eigenvalue weighted by Gasteiger charge is -2.63. The number of hydrogen-bond acceptors (Lipinski definition) is 14. The predicted molar refractivity (Wildman–Crippen MR) is 251 cm³/mol. The van der Waals surface area contributed by atoms with Crippen LogP contribution in [0.1, 0.15) is 64.1 Å². The molecule has 1 aromatic heterocycles. The molecule has 3 unspecified atom stereocenters. The lowest BCUT2D eigenvalue weighted by atomic mass is 9.47. The highest BCUT2D eigenvalue weighted by molar-refractivity contribution is 7.99. The summed E-state index contributed by atoms with van der Waals surface area (Å²) in [4.78, 5) is 68.8. The van der Waals surface area contributed by atoms with Crippen LogP contribution < -0.4 is 0 Å². The van der Waals surface area contributed by atoms with E-state index in [1.165, 1.54) is 37.8 Å². The molecule has 4 fully saturated rings. The van der Waals surface area contributed by atoms with Gasteiger partial charge in [-0.05, 0) is 105 Å². The van der Waals surface area contributed by atoms with E-state index in [1.54, 1.807) is 19.2 Å². The van der Waals surface area contributed by atoms with Crippen molar-refractivity contribution in [3.05, 3.63) is 89.3 Å². The van der Waals surface area contributed by atoms with Crippen LogP contribution in [0.2, 0.25) is 0 Å². The normalized spacial score (nSPS) is 37.0. The Kier molecular flexibility index (Phi) is 11.6. The fourth-order valence-corrected chi connectivity index (χ4v) is 15.5. The smallest absolute Gasteiger partial charge is 0.344 e. The molecule has 0 radical (unpaired) electrons. The summed E-state index contributed by atoms with van der Waals surface area (Å²) in [6.45, 7) is 8.05. The van der Waals surface area contributed by atoms with Gasteiger partial charge in [0.25, 0.3) is 0 Å². The molecule has 1 saturated carbocycles. The topological polar surface area (TPSA) is 191 Å². The highest BCUT2D eigenvalue weighted by atomic mass is 32.2. The van der Waals surface area contributed by atoms with E-state index in [4.69, 9.17) is 18.9 Å². The molecule has 1 spiro atoms. The number of carbonyl (C=O) groups is 4. The molecule has 10 rings (SSSR count). The number of carbonyl (C=O) groups excluding carboxylic acids is 4. The summed E-state index contributed by atoms with van der Waals surface area (Å²) in [6, 6.07) is 11.5. The number of esters is 3. The number of aromatic amines is 1. The number of fused-ring (bicyclic) bond motifs is 6. The SMILES string of the molecule is CC[C@]1(O)C[C@H]2CN(CCc3c([nH]c4ccc(Sc5cccc(O)c5)cc34)[C@@](C(=O)OC)(C3C=C4C(=CC3OC)N(C=O)[C@H]3[C@@](O)(C(=O)OC)[C@H](OC(C)=O)[C@]5(CC)C=CCN6CC[C@]43[C@@H]65)C2)C1. The lowest BCUT2D eigenvalue weighted by Crippen LogP contribution is -2.80. The van der Waals surface area contributed by atoms with Gasteiger partial charge in [0.1, 0.15) is 11.2 Å². The van der Waals surface area contributed by atoms with Crippen LogP contribution >= 0.6 is 11.8 Å². The molecule has 6 heterocycles. The average molecular weight is 951 g/mol. The first-order valence-electron chi connectivity index (χ1n) is 23.9. The number of H-pyrrole nitrogens is 1. The molecule has 3 aromatic rings. The van der Waals surface area contributed by atoms with Gasteiger partial charge >= 0.3 is 17.9 Å². The summed E-state index contributed by atoms with van der Waals surface area (Å²) in [5.74, 6) is -3.00. The molecule has 7 aliphatic rings. The number of phenols is 1. The molecule has 15 nitrogen and oxygen atoms in total. The number of piperidine rings is 1. The standard InChI is InChI=1S/C52H62N4O11S/c1-7-48(62)25-31-26-51(46(60)65-5,42-35(15-19-54(27-31)28-48)36-22-34(13-14-39(36)53-42)68-33-12-9-11-32(59)21-33)38-23-37-40(24-41(38)64-4)56(29-57)44-50(37)17-20-55-18-10-16-49(8-2,43(50)55)45(67-30(3)58)52(44,63)47(61)66-6/h9-14,16,21-24,29,31,38,41,43-45,53,59,62-63H,7-8,15,17-20,25-28H2,1-6H3/t31-,38?,41?,43+,44-,45-,48+,49-,50-,51+,52+/m1/s1. The number of methoxy groups -OCH3 is 3. The highest BCUT2D eigenvalue weighted by Crippen LogP contribution is 2.70. The van der Waals surface area contributed by atoms with Crippen molar-refractivity contribution in [1.82, 2.24) is 19.7 Å². The summed E-state index contributed by atoms with van der Waals surface area (Å²) in [6.07, 6.45) is 8.82. The number of aromatic hydroxyl groups is 1. The van der Waals surface area contributed by atoms with Crippen molar-refractivity contribution < 1.29 is 53.4 Å². The van der Waals surface area contributed by atoms with Gasteiger partial charge in [-0.15, -0.1) is 0 Å². The maximum Gasteiger partial charge on any atom is 0.344 e. The van der Waals surface area contributed by atoms with Crippen LogP contribution in [-0.2, 0) is 50.0 Å². The van der Waals surface area contributed by atoms with Crippen molar-refractivity contribution in [3.8, 4) is 5.75 Å². The van der Waals surface area contributed by atoms with Crippen LogP contribution in [0.3, 0.4) is 0 Å². The average Bonchev–Trinajstić information content (AvgIpc) is 4.00. The molecule has 1 amide bonds. The summed E-state index contributed by atoms with van der Waals surface area (Å²) in [5.41, 5.74) is -3.70. The second-order valence-electron chi connectivity index (χ2n) is 20.2. The number of hydrogen-bond donors (Lipinski definition) is 4. The van der Waals surface area contributed by atoms with Gasteiger partial charge < -0.3 is 44.2 Å². The number of phenolic OH excluding ortho intramolecular Hbond substituents is 1. The Morgan fingerprint density at radius 3 is 2.43 bits per heavy atom. The zero-order chi connectivity index (χ0) is 48.1. The molecular weight excluding hydrogens is 889 g/mol. The second-order valence-corrected chi connectivity index (χ2v) is 21.4. The predicted octanol–water partition coefficient (Wildman–Crippen LogP) is 5.02. The zero-order valence-electron chi connectivity index (χ0n) is 39.5. The Labute approximate surface area is 400 Å². The minimum atomic E-state index is -2.55. The molecule has 362 valence electrons. The van der Waals surface area contributed by atoms with E-state index >= 15 is 4.79 Å². The number of benzene rings is 2.